The van der Waals surface area contributed by atoms with Crippen molar-refractivity contribution < 1.29 is 5.11 Å². The smallest absolute Gasteiger partial charge is 0.0478 e. The van der Waals surface area contributed by atoms with Gasteiger partial charge in [-0.1, -0.05) is 0 Å². The van der Waals surface area contributed by atoms with Crippen molar-refractivity contribution >= 4 is 11.3 Å². The van der Waals surface area contributed by atoms with Crippen LogP contribution in [-0.4, -0.2) is 24.8 Å². The molecule has 1 aliphatic rings. The van der Waals surface area contributed by atoms with Gasteiger partial charge in [0, 0.05) is 41.3 Å². The average Bonchev–Trinajstić information content (AvgIpc) is 2.71. The second-order valence-corrected chi connectivity index (χ2v) is 4.98. The Hall–Kier alpha value is -0.380. The van der Waals surface area contributed by atoms with Crippen LogP contribution in [0.3, 0.4) is 0 Å². The maximum atomic E-state index is 9.17. The molecule has 1 aromatic heterocycles. The highest BCUT2D eigenvalue weighted by Crippen LogP contribution is 2.32. The summed E-state index contributed by atoms with van der Waals surface area (Å²) in [5, 5.41) is 12.5. The summed E-state index contributed by atoms with van der Waals surface area (Å²) in [5.41, 5.74) is 0. The first-order valence-corrected chi connectivity index (χ1v) is 5.51. The van der Waals surface area contributed by atoms with Crippen LogP contribution in [0.5, 0.6) is 0 Å². The van der Waals surface area contributed by atoms with E-state index in [0.717, 1.165) is 13.1 Å². The van der Waals surface area contributed by atoms with E-state index in [2.05, 4.69) is 24.4 Å². The third kappa shape index (κ3) is 1.77. The van der Waals surface area contributed by atoms with Crippen molar-refractivity contribution in [2.45, 2.75) is 12.8 Å². The van der Waals surface area contributed by atoms with E-state index in [1.807, 2.05) is 11.3 Å². The van der Waals surface area contributed by atoms with Crippen LogP contribution in [0, 0.1) is 12.8 Å². The second kappa shape index (κ2) is 3.78. The second-order valence-electron chi connectivity index (χ2n) is 3.66. The van der Waals surface area contributed by atoms with Crippen molar-refractivity contribution in [3.63, 3.8) is 0 Å². The molecule has 2 atom stereocenters. The van der Waals surface area contributed by atoms with E-state index in [1.165, 1.54) is 9.75 Å². The predicted octanol–water partition coefficient (Wildman–Crippen LogP) is 1.35. The lowest BCUT2D eigenvalue weighted by molar-refractivity contribution is 0.227. The van der Waals surface area contributed by atoms with E-state index in [4.69, 9.17) is 5.11 Å². The number of aliphatic hydroxyl groups is 1. The summed E-state index contributed by atoms with van der Waals surface area (Å²) in [5.74, 6) is 0.946. The number of hydrogen-bond acceptors (Lipinski definition) is 3. The Kier molecular flexibility index (Phi) is 2.67. The van der Waals surface area contributed by atoms with Crippen molar-refractivity contribution in [2.24, 2.45) is 5.92 Å². The number of nitrogens with one attached hydrogen (secondary N) is 1. The van der Waals surface area contributed by atoms with Gasteiger partial charge >= 0.3 is 0 Å². The zero-order chi connectivity index (χ0) is 9.26. The standard InChI is InChI=1S/C10H15NOS/c1-7-2-3-10(13-7)9-5-11-4-8(9)6-12/h2-3,8-9,11-12H,4-6H2,1H3/t8-,9-/m0/s1. The molecular formula is C10H15NOS. The van der Waals surface area contributed by atoms with E-state index >= 15 is 0 Å². The first kappa shape index (κ1) is 9.19. The predicted molar refractivity (Wildman–Crippen MR) is 55.2 cm³/mol. The van der Waals surface area contributed by atoms with Gasteiger partial charge in [0.1, 0.15) is 0 Å². The SMILES string of the molecule is Cc1ccc([C@H]2CNC[C@H]2CO)s1. The molecule has 2 nitrogen and oxygen atoms in total. The third-order valence-electron chi connectivity index (χ3n) is 2.70. The Labute approximate surface area is 82.6 Å². The van der Waals surface area contributed by atoms with Crippen molar-refractivity contribution in [1.82, 2.24) is 5.32 Å². The van der Waals surface area contributed by atoms with Crippen LogP contribution >= 0.6 is 11.3 Å². The lowest BCUT2D eigenvalue weighted by Crippen LogP contribution is -2.14. The molecule has 1 fully saturated rings. The molecule has 72 valence electrons. The monoisotopic (exact) mass is 197 g/mol. The van der Waals surface area contributed by atoms with E-state index in [0.29, 0.717) is 18.4 Å². The summed E-state index contributed by atoms with van der Waals surface area (Å²) in [6.07, 6.45) is 0. The number of hydrogen-bond donors (Lipinski definition) is 2. The van der Waals surface area contributed by atoms with Crippen LogP contribution in [0.2, 0.25) is 0 Å². The minimum absolute atomic E-state index is 0.300. The molecule has 0 spiro atoms. The normalized spacial score (nSPS) is 28.2. The molecule has 0 aromatic carbocycles. The van der Waals surface area contributed by atoms with Gasteiger partial charge in [-0.05, 0) is 19.1 Å². The molecule has 2 rings (SSSR count). The van der Waals surface area contributed by atoms with Crippen LogP contribution < -0.4 is 5.32 Å². The van der Waals surface area contributed by atoms with E-state index in [9.17, 15) is 0 Å². The van der Waals surface area contributed by atoms with Gasteiger partial charge in [-0.2, -0.15) is 0 Å². The molecule has 0 saturated carbocycles. The van der Waals surface area contributed by atoms with Gasteiger partial charge in [-0.15, -0.1) is 11.3 Å². The van der Waals surface area contributed by atoms with Gasteiger partial charge in [-0.25, -0.2) is 0 Å². The van der Waals surface area contributed by atoms with Crippen molar-refractivity contribution in [3.8, 4) is 0 Å². The quantitative estimate of drug-likeness (QED) is 0.750. The molecule has 13 heavy (non-hydrogen) atoms. The Balaban J connectivity index is 2.15. The number of thiophene rings is 1. The maximum Gasteiger partial charge on any atom is 0.0478 e. The number of aryl methyl sites for hydroxylation is 1. The van der Waals surface area contributed by atoms with E-state index < -0.39 is 0 Å². The summed E-state index contributed by atoms with van der Waals surface area (Å²) in [6.45, 7) is 4.41. The molecule has 2 N–H and O–H groups in total. The molecule has 0 unspecified atom stereocenters. The zero-order valence-electron chi connectivity index (χ0n) is 7.79. The average molecular weight is 197 g/mol. The van der Waals surface area contributed by atoms with Gasteiger partial charge in [0.2, 0.25) is 0 Å². The summed E-state index contributed by atoms with van der Waals surface area (Å²) >= 11 is 1.85. The molecule has 3 heteroatoms. The molecule has 1 aliphatic heterocycles. The maximum absolute atomic E-state index is 9.17. The molecule has 0 amide bonds. The van der Waals surface area contributed by atoms with Gasteiger partial charge in [0.05, 0.1) is 0 Å². The van der Waals surface area contributed by atoms with Gasteiger partial charge in [0.25, 0.3) is 0 Å². The van der Waals surface area contributed by atoms with Gasteiger partial charge in [-0.3, -0.25) is 0 Å². The molecule has 0 aliphatic carbocycles. The number of aliphatic hydroxyl groups excluding tert-OH is 1. The van der Waals surface area contributed by atoms with Gasteiger partial charge < -0.3 is 10.4 Å². The minimum atomic E-state index is 0.300. The number of rotatable bonds is 2. The zero-order valence-corrected chi connectivity index (χ0v) is 8.60. The fourth-order valence-electron chi connectivity index (χ4n) is 1.91. The summed E-state index contributed by atoms with van der Waals surface area (Å²) < 4.78 is 0. The molecule has 1 aromatic rings. The Morgan fingerprint density at radius 2 is 2.38 bits per heavy atom. The van der Waals surface area contributed by atoms with Gasteiger partial charge in [0.15, 0.2) is 0 Å². The van der Waals surface area contributed by atoms with Crippen LogP contribution in [0.1, 0.15) is 15.7 Å². The lowest BCUT2D eigenvalue weighted by Gasteiger charge is -2.13. The summed E-state index contributed by atoms with van der Waals surface area (Å²) in [6, 6.07) is 4.35. The third-order valence-corrected chi connectivity index (χ3v) is 3.83. The van der Waals surface area contributed by atoms with E-state index in [-0.39, 0.29) is 0 Å². The summed E-state index contributed by atoms with van der Waals surface area (Å²) in [4.78, 5) is 2.78. The fourth-order valence-corrected chi connectivity index (χ4v) is 2.98. The van der Waals surface area contributed by atoms with E-state index in [1.54, 1.807) is 0 Å². The van der Waals surface area contributed by atoms with Crippen molar-refractivity contribution in [2.75, 3.05) is 19.7 Å². The molecule has 1 saturated heterocycles. The Morgan fingerprint density at radius 3 is 3.00 bits per heavy atom. The first-order valence-electron chi connectivity index (χ1n) is 4.69. The minimum Gasteiger partial charge on any atom is -0.396 e. The van der Waals surface area contributed by atoms with Crippen molar-refractivity contribution in [1.29, 1.82) is 0 Å². The van der Waals surface area contributed by atoms with Crippen LogP contribution in [0.15, 0.2) is 12.1 Å². The molecule has 0 bridgehead atoms. The van der Waals surface area contributed by atoms with Crippen molar-refractivity contribution in [3.05, 3.63) is 21.9 Å². The Morgan fingerprint density at radius 1 is 1.54 bits per heavy atom. The first-order chi connectivity index (χ1) is 6.31. The van der Waals surface area contributed by atoms with Crippen LogP contribution in [-0.2, 0) is 0 Å². The lowest BCUT2D eigenvalue weighted by atomic mass is 9.95. The van der Waals surface area contributed by atoms with Crippen LogP contribution in [0.25, 0.3) is 0 Å². The topological polar surface area (TPSA) is 32.3 Å². The molecule has 2 heterocycles. The molecular weight excluding hydrogens is 182 g/mol. The molecule has 0 radical (unpaired) electrons. The highest BCUT2D eigenvalue weighted by molar-refractivity contribution is 7.12. The highest BCUT2D eigenvalue weighted by atomic mass is 32.1. The van der Waals surface area contributed by atoms with Crippen LogP contribution in [0.4, 0.5) is 0 Å². The largest absolute Gasteiger partial charge is 0.396 e. The summed E-state index contributed by atoms with van der Waals surface area (Å²) in [7, 11) is 0. The fraction of sp³-hybridized carbons (Fsp3) is 0.600. The highest BCUT2D eigenvalue weighted by Gasteiger charge is 2.28. The Bertz CT molecular complexity index is 284.